The maximum atomic E-state index is 10.9. The van der Waals surface area contributed by atoms with Gasteiger partial charge in [-0.2, -0.15) is 0 Å². The lowest BCUT2D eigenvalue weighted by molar-refractivity contribution is 0.0365. The molecule has 4 rings (SSSR count). The highest BCUT2D eigenvalue weighted by Crippen LogP contribution is 2.37. The molecule has 1 aliphatic heterocycles. The second-order valence-electron chi connectivity index (χ2n) is 6.95. The first-order chi connectivity index (χ1) is 13.2. The number of morpholine rings is 1. The van der Waals surface area contributed by atoms with Crippen molar-refractivity contribution in [3.05, 3.63) is 52.5 Å². The fourth-order valence-electron chi connectivity index (χ4n) is 3.72. The Hall–Kier alpha value is -1.86. The number of ether oxygens (including phenoxy) is 2. The molecule has 5 nitrogen and oxygen atoms in total. The minimum absolute atomic E-state index is 0.674. The molecule has 1 atom stereocenters. The van der Waals surface area contributed by atoms with Crippen molar-refractivity contribution >= 4 is 21.6 Å². The van der Waals surface area contributed by atoms with E-state index < -0.39 is 6.10 Å². The van der Waals surface area contributed by atoms with E-state index in [2.05, 4.69) is 28.5 Å². The number of hydrogen-bond acceptors (Lipinski definition) is 5. The summed E-state index contributed by atoms with van der Waals surface area (Å²) in [5.41, 5.74) is 2.07. The topological polar surface area (TPSA) is 46.9 Å². The summed E-state index contributed by atoms with van der Waals surface area (Å²) in [6.07, 6.45) is -0.674. The Morgan fingerprint density at radius 3 is 2.74 bits per heavy atom. The Labute approximate surface area is 163 Å². The lowest BCUT2D eigenvalue weighted by Gasteiger charge is -2.26. The van der Waals surface area contributed by atoms with Crippen molar-refractivity contribution in [2.24, 2.45) is 0 Å². The number of aromatic nitrogens is 1. The molecule has 0 spiro atoms. The Balaban J connectivity index is 1.58. The van der Waals surface area contributed by atoms with Crippen molar-refractivity contribution in [1.29, 1.82) is 0 Å². The number of nitrogens with zero attached hydrogens (tertiary/aromatic N) is 2. The van der Waals surface area contributed by atoms with E-state index in [0.717, 1.165) is 55.6 Å². The molecular weight excluding hydrogens is 360 g/mol. The monoisotopic (exact) mass is 386 g/mol. The average molecular weight is 387 g/mol. The third-order valence-corrected chi connectivity index (χ3v) is 6.47. The molecule has 3 heterocycles. The van der Waals surface area contributed by atoms with Gasteiger partial charge in [0.1, 0.15) is 16.7 Å². The molecule has 2 aromatic heterocycles. The maximum Gasteiger partial charge on any atom is 0.125 e. The molecular formula is C21H26N2O3S. The largest absolute Gasteiger partial charge is 0.496 e. The lowest BCUT2D eigenvalue weighted by Crippen LogP contribution is -2.38. The Morgan fingerprint density at radius 1 is 1.19 bits per heavy atom. The predicted molar refractivity (Wildman–Crippen MR) is 109 cm³/mol. The SMILES string of the molecule is COc1ccccc1C(O)c1cc2cc(C)n(CCN3CCOCC3)c2s1. The highest BCUT2D eigenvalue weighted by Gasteiger charge is 2.20. The number of thiophene rings is 1. The molecule has 0 saturated carbocycles. The van der Waals surface area contributed by atoms with Gasteiger partial charge in [0.05, 0.1) is 20.3 Å². The zero-order chi connectivity index (χ0) is 18.8. The molecule has 1 aliphatic rings. The van der Waals surface area contributed by atoms with E-state index in [0.29, 0.717) is 0 Å². The summed E-state index contributed by atoms with van der Waals surface area (Å²) in [6, 6.07) is 12.0. The van der Waals surface area contributed by atoms with Gasteiger partial charge < -0.3 is 19.1 Å². The van der Waals surface area contributed by atoms with Crippen LogP contribution in [-0.2, 0) is 11.3 Å². The Kier molecular flexibility index (Phi) is 5.50. The van der Waals surface area contributed by atoms with Crippen LogP contribution in [0, 0.1) is 6.92 Å². The van der Waals surface area contributed by atoms with Gasteiger partial charge in [-0.25, -0.2) is 0 Å². The van der Waals surface area contributed by atoms with Gasteiger partial charge in [-0.05, 0) is 25.1 Å². The summed E-state index contributed by atoms with van der Waals surface area (Å²) in [4.78, 5) is 4.63. The van der Waals surface area contributed by atoms with Crippen molar-refractivity contribution in [2.75, 3.05) is 40.0 Å². The van der Waals surface area contributed by atoms with Crippen LogP contribution in [0.25, 0.3) is 10.2 Å². The summed E-state index contributed by atoms with van der Waals surface area (Å²) in [7, 11) is 1.64. The number of para-hydroxylation sites is 1. The van der Waals surface area contributed by atoms with Crippen LogP contribution in [0.2, 0.25) is 0 Å². The van der Waals surface area contributed by atoms with Crippen molar-refractivity contribution in [3.63, 3.8) is 0 Å². The zero-order valence-corrected chi connectivity index (χ0v) is 16.7. The second-order valence-corrected chi connectivity index (χ2v) is 8.01. The fraction of sp³-hybridized carbons (Fsp3) is 0.429. The minimum Gasteiger partial charge on any atom is -0.496 e. The quantitative estimate of drug-likeness (QED) is 0.705. The van der Waals surface area contributed by atoms with Crippen molar-refractivity contribution in [2.45, 2.75) is 19.6 Å². The summed E-state index contributed by atoms with van der Waals surface area (Å²) < 4.78 is 13.2. The number of fused-ring (bicyclic) bond motifs is 1. The summed E-state index contributed by atoms with van der Waals surface area (Å²) in [5, 5.41) is 12.1. The highest BCUT2D eigenvalue weighted by molar-refractivity contribution is 7.18. The van der Waals surface area contributed by atoms with Crippen LogP contribution < -0.4 is 4.74 Å². The van der Waals surface area contributed by atoms with Gasteiger partial charge >= 0.3 is 0 Å². The van der Waals surface area contributed by atoms with Gasteiger partial charge in [-0.15, -0.1) is 11.3 Å². The van der Waals surface area contributed by atoms with Crippen LogP contribution in [0.15, 0.2) is 36.4 Å². The number of aliphatic hydroxyl groups excluding tert-OH is 1. The van der Waals surface area contributed by atoms with Gasteiger partial charge in [0.2, 0.25) is 0 Å². The number of rotatable bonds is 6. The average Bonchev–Trinajstić information content (AvgIpc) is 3.23. The highest BCUT2D eigenvalue weighted by atomic mass is 32.1. The number of aryl methyl sites for hydroxylation is 1. The molecule has 27 heavy (non-hydrogen) atoms. The number of aliphatic hydroxyl groups is 1. The molecule has 0 radical (unpaired) electrons. The van der Waals surface area contributed by atoms with Gasteiger partial charge in [-0.3, -0.25) is 4.90 Å². The van der Waals surface area contributed by atoms with Crippen LogP contribution >= 0.6 is 11.3 Å². The lowest BCUT2D eigenvalue weighted by atomic mass is 10.1. The molecule has 144 valence electrons. The van der Waals surface area contributed by atoms with Crippen molar-refractivity contribution in [1.82, 2.24) is 9.47 Å². The Bertz CT molecular complexity index is 911. The molecule has 1 saturated heterocycles. The van der Waals surface area contributed by atoms with Crippen LogP contribution in [0.4, 0.5) is 0 Å². The molecule has 0 amide bonds. The van der Waals surface area contributed by atoms with E-state index in [9.17, 15) is 5.11 Å². The second kappa shape index (κ2) is 8.02. The molecule has 6 heteroatoms. The molecule has 1 N–H and O–H groups in total. The van der Waals surface area contributed by atoms with Gasteiger partial charge in [0.25, 0.3) is 0 Å². The van der Waals surface area contributed by atoms with Gasteiger partial charge in [0.15, 0.2) is 0 Å². The number of hydrogen-bond donors (Lipinski definition) is 1. The van der Waals surface area contributed by atoms with E-state index >= 15 is 0 Å². The van der Waals surface area contributed by atoms with Crippen molar-refractivity contribution < 1.29 is 14.6 Å². The smallest absolute Gasteiger partial charge is 0.125 e. The van der Waals surface area contributed by atoms with Gasteiger partial charge in [0, 0.05) is 47.7 Å². The Morgan fingerprint density at radius 2 is 1.96 bits per heavy atom. The number of methoxy groups -OCH3 is 1. The minimum atomic E-state index is -0.674. The maximum absolute atomic E-state index is 10.9. The van der Waals surface area contributed by atoms with Crippen molar-refractivity contribution in [3.8, 4) is 5.75 Å². The van der Waals surface area contributed by atoms with Crippen LogP contribution in [0.3, 0.4) is 0 Å². The summed E-state index contributed by atoms with van der Waals surface area (Å²) >= 11 is 1.67. The van der Waals surface area contributed by atoms with Crippen LogP contribution in [-0.4, -0.2) is 54.5 Å². The van der Waals surface area contributed by atoms with E-state index in [4.69, 9.17) is 9.47 Å². The molecule has 1 unspecified atom stereocenters. The molecule has 3 aromatic rings. The third kappa shape index (κ3) is 3.75. The van der Waals surface area contributed by atoms with E-state index in [1.54, 1.807) is 18.4 Å². The standard InChI is InChI=1S/C21H26N2O3S/c1-15-13-16-14-19(20(24)17-5-3-4-6-18(17)25-2)27-21(16)23(15)8-7-22-9-11-26-12-10-22/h3-6,13-14,20,24H,7-12H2,1-2H3. The number of benzene rings is 1. The fourth-order valence-corrected chi connectivity index (χ4v) is 4.95. The normalized spacial score (nSPS) is 16.7. The van der Waals surface area contributed by atoms with Crippen LogP contribution in [0.5, 0.6) is 5.75 Å². The first kappa shape index (κ1) is 18.5. The zero-order valence-electron chi connectivity index (χ0n) is 15.9. The molecule has 0 aliphatic carbocycles. The van der Waals surface area contributed by atoms with Gasteiger partial charge in [-0.1, -0.05) is 18.2 Å². The van der Waals surface area contributed by atoms with E-state index in [-0.39, 0.29) is 0 Å². The third-order valence-electron chi connectivity index (χ3n) is 5.24. The predicted octanol–water partition coefficient (Wildman–Crippen LogP) is 3.43. The first-order valence-corrected chi connectivity index (χ1v) is 10.2. The van der Waals surface area contributed by atoms with E-state index in [1.165, 1.54) is 15.9 Å². The summed E-state index contributed by atoms with van der Waals surface area (Å²) in [6.45, 7) is 7.80. The van der Waals surface area contributed by atoms with Crippen LogP contribution in [0.1, 0.15) is 22.2 Å². The first-order valence-electron chi connectivity index (χ1n) is 9.38. The summed E-state index contributed by atoms with van der Waals surface area (Å²) in [5.74, 6) is 0.717. The van der Waals surface area contributed by atoms with E-state index in [1.807, 2.05) is 24.3 Å². The molecule has 1 fully saturated rings. The molecule has 1 aromatic carbocycles. The molecule has 0 bridgehead atoms.